The largest absolute Gasteiger partial charge is 0.356 e. The van der Waals surface area contributed by atoms with Crippen LogP contribution in [0.3, 0.4) is 0 Å². The summed E-state index contributed by atoms with van der Waals surface area (Å²) in [6.45, 7) is 7.87. The van der Waals surface area contributed by atoms with Gasteiger partial charge in [0.05, 0.1) is 17.9 Å². The van der Waals surface area contributed by atoms with E-state index in [2.05, 4.69) is 43.9 Å². The van der Waals surface area contributed by atoms with Gasteiger partial charge >= 0.3 is 0 Å². The van der Waals surface area contributed by atoms with Crippen LogP contribution in [0.25, 0.3) is 0 Å². The van der Waals surface area contributed by atoms with E-state index < -0.39 is 0 Å². The Morgan fingerprint density at radius 1 is 1.22 bits per heavy atom. The molecule has 0 fully saturated rings. The third kappa shape index (κ3) is 1.61. The third-order valence-electron chi connectivity index (χ3n) is 3.89. The first kappa shape index (κ1) is 11.6. The highest BCUT2D eigenvalue weighted by Crippen LogP contribution is 2.42. The van der Waals surface area contributed by atoms with Gasteiger partial charge in [0, 0.05) is 12.1 Å². The molecule has 0 N–H and O–H groups in total. The number of rotatable bonds is 0. The maximum Gasteiger partial charge on any atom is 0.246 e. The van der Waals surface area contributed by atoms with Crippen LogP contribution in [0.15, 0.2) is 18.2 Å². The van der Waals surface area contributed by atoms with Gasteiger partial charge in [-0.1, -0.05) is 12.1 Å². The van der Waals surface area contributed by atoms with Crippen molar-refractivity contribution in [3.8, 4) is 0 Å². The molecule has 3 heteroatoms. The maximum absolute atomic E-state index is 12.3. The molecular formula is C15H20N2O. The minimum Gasteiger partial charge on any atom is -0.356 e. The Hall–Kier alpha value is -1.51. The summed E-state index contributed by atoms with van der Waals surface area (Å²) in [5.74, 6) is 0.240. The molecule has 0 aromatic heterocycles. The zero-order valence-corrected chi connectivity index (χ0v) is 11.4. The predicted octanol–water partition coefficient (Wildman–Crippen LogP) is 2.58. The highest BCUT2D eigenvalue weighted by Gasteiger charge is 2.36. The molecule has 2 aliphatic heterocycles. The number of para-hydroxylation sites is 1. The van der Waals surface area contributed by atoms with E-state index in [9.17, 15) is 4.79 Å². The number of aryl methyl sites for hydroxylation is 1. The second kappa shape index (κ2) is 3.74. The van der Waals surface area contributed by atoms with Gasteiger partial charge in [0.2, 0.25) is 5.91 Å². The van der Waals surface area contributed by atoms with Crippen molar-refractivity contribution in [1.82, 2.24) is 0 Å². The number of hydrogen-bond acceptors (Lipinski definition) is 2. The highest BCUT2D eigenvalue weighted by molar-refractivity contribution is 6.04. The number of carbonyl (C=O) groups is 1. The van der Waals surface area contributed by atoms with Crippen LogP contribution in [-0.4, -0.2) is 24.5 Å². The quantitative estimate of drug-likeness (QED) is 0.700. The van der Waals surface area contributed by atoms with Crippen LogP contribution >= 0.6 is 0 Å². The van der Waals surface area contributed by atoms with E-state index in [-0.39, 0.29) is 11.4 Å². The molecule has 0 unspecified atom stereocenters. The summed E-state index contributed by atoms with van der Waals surface area (Å²) in [6, 6.07) is 6.42. The van der Waals surface area contributed by atoms with Crippen molar-refractivity contribution in [3.63, 3.8) is 0 Å². The standard InChI is InChI=1S/C15H20N2O/c1-15(2,3)17-10-13(18)16-9-5-7-11-6-4-8-12(17)14(11)16/h4,6,8H,5,7,9-10H2,1-3H3. The SMILES string of the molecule is CC(C)(C)N1CC(=O)N2CCCc3cccc1c32. The summed E-state index contributed by atoms with van der Waals surface area (Å²) in [6.07, 6.45) is 2.17. The minimum absolute atomic E-state index is 0.0195. The average molecular weight is 244 g/mol. The smallest absolute Gasteiger partial charge is 0.246 e. The number of hydrogen-bond donors (Lipinski definition) is 0. The molecule has 96 valence electrons. The summed E-state index contributed by atoms with van der Waals surface area (Å²) in [5.41, 5.74) is 3.68. The van der Waals surface area contributed by atoms with Gasteiger partial charge < -0.3 is 9.80 Å². The molecule has 1 aromatic carbocycles. The van der Waals surface area contributed by atoms with Crippen LogP contribution in [0, 0.1) is 0 Å². The lowest BCUT2D eigenvalue weighted by atomic mass is 9.94. The van der Waals surface area contributed by atoms with Crippen molar-refractivity contribution in [2.24, 2.45) is 0 Å². The monoisotopic (exact) mass is 244 g/mol. The predicted molar refractivity (Wildman–Crippen MR) is 74.2 cm³/mol. The summed E-state index contributed by atoms with van der Waals surface area (Å²) in [5, 5.41) is 0. The van der Waals surface area contributed by atoms with Crippen molar-refractivity contribution < 1.29 is 4.79 Å². The average Bonchev–Trinajstić information content (AvgIpc) is 2.32. The van der Waals surface area contributed by atoms with Gasteiger partial charge in [0.25, 0.3) is 0 Å². The summed E-state index contributed by atoms with van der Waals surface area (Å²) >= 11 is 0. The van der Waals surface area contributed by atoms with E-state index in [1.54, 1.807) is 0 Å². The lowest BCUT2D eigenvalue weighted by Crippen LogP contribution is -2.54. The van der Waals surface area contributed by atoms with Crippen LogP contribution in [0.2, 0.25) is 0 Å². The fourth-order valence-electron chi connectivity index (χ4n) is 3.00. The Balaban J connectivity index is 2.19. The molecule has 18 heavy (non-hydrogen) atoms. The number of benzene rings is 1. The molecule has 3 rings (SSSR count). The summed E-state index contributed by atoms with van der Waals surface area (Å²) < 4.78 is 0. The lowest BCUT2D eigenvalue weighted by Gasteiger charge is -2.46. The fraction of sp³-hybridized carbons (Fsp3) is 0.533. The summed E-state index contributed by atoms with van der Waals surface area (Å²) in [4.78, 5) is 16.5. The Labute approximate surface area is 108 Å². The van der Waals surface area contributed by atoms with Crippen LogP contribution in [0.4, 0.5) is 11.4 Å². The van der Waals surface area contributed by atoms with Crippen molar-refractivity contribution >= 4 is 17.3 Å². The van der Waals surface area contributed by atoms with Gasteiger partial charge in [-0.25, -0.2) is 0 Å². The first-order chi connectivity index (χ1) is 8.48. The van der Waals surface area contributed by atoms with Crippen LogP contribution in [-0.2, 0) is 11.2 Å². The van der Waals surface area contributed by atoms with E-state index >= 15 is 0 Å². The Bertz CT molecular complexity index is 502. The molecule has 2 aliphatic rings. The van der Waals surface area contributed by atoms with Crippen LogP contribution in [0.1, 0.15) is 32.8 Å². The molecule has 0 bridgehead atoms. The van der Waals surface area contributed by atoms with Crippen LogP contribution < -0.4 is 9.80 Å². The van der Waals surface area contributed by atoms with E-state index in [1.807, 2.05) is 4.90 Å². The normalized spacial score (nSPS) is 18.9. The van der Waals surface area contributed by atoms with Gasteiger partial charge in [-0.05, 0) is 45.2 Å². The van der Waals surface area contributed by atoms with Crippen molar-refractivity contribution in [2.75, 3.05) is 22.9 Å². The molecule has 0 saturated heterocycles. The van der Waals surface area contributed by atoms with Gasteiger partial charge in [-0.3, -0.25) is 4.79 Å². The molecule has 0 spiro atoms. The van der Waals surface area contributed by atoms with Gasteiger partial charge in [0.1, 0.15) is 0 Å². The third-order valence-corrected chi connectivity index (χ3v) is 3.89. The van der Waals surface area contributed by atoms with Gasteiger partial charge in [0.15, 0.2) is 0 Å². The molecule has 0 saturated carbocycles. The van der Waals surface area contributed by atoms with E-state index in [0.29, 0.717) is 6.54 Å². The Morgan fingerprint density at radius 2 is 2.00 bits per heavy atom. The molecule has 0 radical (unpaired) electrons. The fourth-order valence-corrected chi connectivity index (χ4v) is 3.00. The number of anilines is 2. The second-order valence-corrected chi connectivity index (χ2v) is 6.19. The van der Waals surface area contributed by atoms with E-state index in [0.717, 1.165) is 25.1 Å². The Kier molecular flexibility index (Phi) is 2.40. The van der Waals surface area contributed by atoms with E-state index in [1.165, 1.54) is 11.3 Å². The number of amides is 1. The highest BCUT2D eigenvalue weighted by atomic mass is 16.2. The summed E-state index contributed by atoms with van der Waals surface area (Å²) in [7, 11) is 0. The second-order valence-electron chi connectivity index (χ2n) is 6.19. The number of carbonyl (C=O) groups excluding carboxylic acids is 1. The molecule has 0 atom stereocenters. The Morgan fingerprint density at radius 3 is 2.72 bits per heavy atom. The van der Waals surface area contributed by atoms with Gasteiger partial charge in [-0.2, -0.15) is 0 Å². The van der Waals surface area contributed by atoms with Crippen molar-refractivity contribution in [2.45, 2.75) is 39.2 Å². The maximum atomic E-state index is 12.3. The van der Waals surface area contributed by atoms with Crippen molar-refractivity contribution in [3.05, 3.63) is 23.8 Å². The molecule has 3 nitrogen and oxygen atoms in total. The first-order valence-corrected chi connectivity index (χ1v) is 6.68. The van der Waals surface area contributed by atoms with Crippen molar-refractivity contribution in [1.29, 1.82) is 0 Å². The minimum atomic E-state index is -0.0195. The molecule has 1 aromatic rings. The first-order valence-electron chi connectivity index (χ1n) is 6.68. The van der Waals surface area contributed by atoms with E-state index in [4.69, 9.17) is 0 Å². The van der Waals surface area contributed by atoms with Crippen LogP contribution in [0.5, 0.6) is 0 Å². The molecule has 1 amide bonds. The zero-order valence-electron chi connectivity index (χ0n) is 11.4. The number of nitrogens with zero attached hydrogens (tertiary/aromatic N) is 2. The zero-order chi connectivity index (χ0) is 12.9. The molecule has 2 heterocycles. The topological polar surface area (TPSA) is 23.6 Å². The molecular weight excluding hydrogens is 224 g/mol. The van der Waals surface area contributed by atoms with Gasteiger partial charge in [-0.15, -0.1) is 0 Å². The lowest BCUT2D eigenvalue weighted by molar-refractivity contribution is -0.117. The molecule has 0 aliphatic carbocycles.